The molecule has 0 fully saturated rings. The van der Waals surface area contributed by atoms with Crippen molar-refractivity contribution in [1.82, 2.24) is 0 Å². The van der Waals surface area contributed by atoms with Gasteiger partial charge in [-0.05, 0) is 24.6 Å². The summed E-state index contributed by atoms with van der Waals surface area (Å²) in [4.78, 5) is 0.163. The fourth-order valence-corrected chi connectivity index (χ4v) is 1.69. The van der Waals surface area contributed by atoms with E-state index in [4.69, 9.17) is 11.6 Å². The van der Waals surface area contributed by atoms with Crippen LogP contribution in [0.3, 0.4) is 0 Å². The largest absolute Gasteiger partial charge is 0.207 e. The number of hydrogen-bond donors (Lipinski definition) is 0. The molecule has 1 unspecified atom stereocenters. The third kappa shape index (κ3) is 2.17. The van der Waals surface area contributed by atoms with Crippen LogP contribution in [-0.2, 0) is 0 Å². The molecule has 60 valence electrons. The summed E-state index contributed by atoms with van der Waals surface area (Å²) < 4.78 is 12.5. The van der Waals surface area contributed by atoms with Crippen molar-refractivity contribution in [3.63, 3.8) is 0 Å². The lowest BCUT2D eigenvalue weighted by Crippen LogP contribution is -1.86. The van der Waals surface area contributed by atoms with Gasteiger partial charge in [0.05, 0.1) is 0 Å². The summed E-state index contributed by atoms with van der Waals surface area (Å²) in [7, 11) is 0. The fraction of sp³-hybridized carbons (Fsp3) is 0.250. The van der Waals surface area contributed by atoms with Gasteiger partial charge in [0.15, 0.2) is 0 Å². The van der Waals surface area contributed by atoms with Crippen LogP contribution in [-0.4, -0.2) is 0 Å². The van der Waals surface area contributed by atoms with Crippen LogP contribution in [0.2, 0.25) is 5.02 Å². The van der Waals surface area contributed by atoms with E-state index in [1.807, 2.05) is 6.92 Å². The highest BCUT2D eigenvalue weighted by Gasteiger charge is 2.05. The van der Waals surface area contributed by atoms with Crippen molar-refractivity contribution in [2.24, 2.45) is 0 Å². The maximum absolute atomic E-state index is 12.5. The van der Waals surface area contributed by atoms with E-state index in [0.29, 0.717) is 5.02 Å². The standard InChI is InChI=1S/C8H7BrClF/c1-5(9)7-3-2-6(11)4-8(7)10/h2-5H,1H3. The monoisotopic (exact) mass is 236 g/mol. The van der Waals surface area contributed by atoms with Gasteiger partial charge in [-0.25, -0.2) is 4.39 Å². The molecule has 3 heteroatoms. The van der Waals surface area contributed by atoms with Gasteiger partial charge in [0.2, 0.25) is 0 Å². The molecule has 0 aromatic heterocycles. The minimum Gasteiger partial charge on any atom is -0.207 e. The Bertz CT molecular complexity index is 260. The van der Waals surface area contributed by atoms with Crippen LogP contribution < -0.4 is 0 Å². The number of alkyl halides is 1. The summed E-state index contributed by atoms with van der Waals surface area (Å²) in [5.74, 6) is -0.299. The minimum absolute atomic E-state index is 0.163. The number of halogens is 3. The van der Waals surface area contributed by atoms with Crippen molar-refractivity contribution >= 4 is 27.5 Å². The predicted octanol–water partition coefficient (Wildman–Crippen LogP) is 3.94. The Morgan fingerprint density at radius 2 is 2.18 bits per heavy atom. The molecule has 0 aliphatic rings. The Balaban J connectivity index is 3.09. The van der Waals surface area contributed by atoms with Crippen molar-refractivity contribution in [2.45, 2.75) is 11.8 Å². The second-order valence-electron chi connectivity index (χ2n) is 2.28. The van der Waals surface area contributed by atoms with Crippen LogP contribution in [0.25, 0.3) is 0 Å². The molecular formula is C8H7BrClF. The number of rotatable bonds is 1. The molecule has 0 nitrogen and oxygen atoms in total. The normalized spacial score (nSPS) is 13.1. The highest BCUT2D eigenvalue weighted by Crippen LogP contribution is 2.28. The van der Waals surface area contributed by atoms with Gasteiger partial charge in [0.25, 0.3) is 0 Å². The Morgan fingerprint density at radius 1 is 1.55 bits per heavy atom. The van der Waals surface area contributed by atoms with Crippen molar-refractivity contribution in [3.05, 3.63) is 34.6 Å². The molecule has 0 saturated heterocycles. The average molecular weight is 237 g/mol. The van der Waals surface area contributed by atoms with Crippen LogP contribution in [0.1, 0.15) is 17.3 Å². The molecule has 1 aromatic rings. The first kappa shape index (κ1) is 9.01. The van der Waals surface area contributed by atoms with E-state index in [1.165, 1.54) is 12.1 Å². The van der Waals surface area contributed by atoms with Gasteiger partial charge < -0.3 is 0 Å². The third-order valence-electron chi connectivity index (χ3n) is 1.39. The van der Waals surface area contributed by atoms with Crippen LogP contribution in [0.15, 0.2) is 18.2 Å². The molecule has 0 radical (unpaired) electrons. The first-order valence-corrected chi connectivity index (χ1v) is 4.49. The van der Waals surface area contributed by atoms with Gasteiger partial charge in [-0.15, -0.1) is 0 Å². The van der Waals surface area contributed by atoms with E-state index in [2.05, 4.69) is 15.9 Å². The van der Waals surface area contributed by atoms with Gasteiger partial charge in [-0.3, -0.25) is 0 Å². The first-order valence-electron chi connectivity index (χ1n) is 3.20. The van der Waals surface area contributed by atoms with Crippen LogP contribution in [0, 0.1) is 5.82 Å². The quantitative estimate of drug-likeness (QED) is 0.649. The van der Waals surface area contributed by atoms with Gasteiger partial charge in [-0.1, -0.05) is 33.6 Å². The molecule has 1 atom stereocenters. The molecule has 0 saturated carbocycles. The van der Waals surface area contributed by atoms with E-state index in [9.17, 15) is 4.39 Å². The topological polar surface area (TPSA) is 0 Å². The van der Waals surface area contributed by atoms with Crippen LogP contribution in [0.5, 0.6) is 0 Å². The second-order valence-corrected chi connectivity index (χ2v) is 4.06. The maximum atomic E-state index is 12.5. The lowest BCUT2D eigenvalue weighted by atomic mass is 10.2. The van der Waals surface area contributed by atoms with Gasteiger partial charge in [0.1, 0.15) is 5.82 Å². The minimum atomic E-state index is -0.299. The summed E-state index contributed by atoms with van der Waals surface area (Å²) in [5.41, 5.74) is 0.910. The Hall–Kier alpha value is -0.0800. The molecular weight excluding hydrogens is 230 g/mol. The smallest absolute Gasteiger partial charge is 0.124 e. The van der Waals surface area contributed by atoms with E-state index < -0.39 is 0 Å². The van der Waals surface area contributed by atoms with Crippen molar-refractivity contribution in [1.29, 1.82) is 0 Å². The van der Waals surface area contributed by atoms with Crippen molar-refractivity contribution in [3.8, 4) is 0 Å². The maximum Gasteiger partial charge on any atom is 0.124 e. The van der Waals surface area contributed by atoms with E-state index in [1.54, 1.807) is 6.07 Å². The Kier molecular flexibility index (Phi) is 2.90. The van der Waals surface area contributed by atoms with Crippen molar-refractivity contribution < 1.29 is 4.39 Å². The summed E-state index contributed by atoms with van der Waals surface area (Å²) in [6.07, 6.45) is 0. The SMILES string of the molecule is CC(Br)c1ccc(F)cc1Cl. The molecule has 0 bridgehead atoms. The third-order valence-corrected chi connectivity index (χ3v) is 2.21. The fourth-order valence-electron chi connectivity index (χ4n) is 0.824. The summed E-state index contributed by atoms with van der Waals surface area (Å²) >= 11 is 9.11. The van der Waals surface area contributed by atoms with Crippen molar-refractivity contribution in [2.75, 3.05) is 0 Å². The lowest BCUT2D eigenvalue weighted by Gasteiger charge is -2.05. The second kappa shape index (κ2) is 3.55. The zero-order chi connectivity index (χ0) is 8.43. The molecule has 0 amide bonds. The highest BCUT2D eigenvalue weighted by molar-refractivity contribution is 9.09. The average Bonchev–Trinajstić information content (AvgIpc) is 1.85. The van der Waals surface area contributed by atoms with Crippen LogP contribution >= 0.6 is 27.5 Å². The summed E-state index contributed by atoms with van der Waals surface area (Å²) in [5, 5.41) is 0.467. The summed E-state index contributed by atoms with van der Waals surface area (Å²) in [6.45, 7) is 1.94. The molecule has 0 aliphatic carbocycles. The molecule has 11 heavy (non-hydrogen) atoms. The molecule has 1 aromatic carbocycles. The first-order chi connectivity index (χ1) is 5.11. The Labute approximate surface area is 78.5 Å². The molecule has 0 heterocycles. The zero-order valence-electron chi connectivity index (χ0n) is 5.94. The molecule has 0 aliphatic heterocycles. The number of benzene rings is 1. The lowest BCUT2D eigenvalue weighted by molar-refractivity contribution is 0.627. The van der Waals surface area contributed by atoms with Crippen LogP contribution in [0.4, 0.5) is 4.39 Å². The predicted molar refractivity (Wildman–Crippen MR) is 48.8 cm³/mol. The highest BCUT2D eigenvalue weighted by atomic mass is 79.9. The van der Waals surface area contributed by atoms with Gasteiger partial charge in [0, 0.05) is 9.85 Å². The Morgan fingerprint density at radius 3 is 2.64 bits per heavy atom. The summed E-state index contributed by atoms with van der Waals surface area (Å²) in [6, 6.07) is 4.39. The van der Waals surface area contributed by atoms with Gasteiger partial charge >= 0.3 is 0 Å². The van der Waals surface area contributed by atoms with E-state index in [-0.39, 0.29) is 10.6 Å². The van der Waals surface area contributed by atoms with E-state index in [0.717, 1.165) is 5.56 Å². The molecule has 1 rings (SSSR count). The number of hydrogen-bond acceptors (Lipinski definition) is 0. The van der Waals surface area contributed by atoms with Gasteiger partial charge in [-0.2, -0.15) is 0 Å². The molecule has 0 N–H and O–H groups in total. The zero-order valence-corrected chi connectivity index (χ0v) is 8.29. The van der Waals surface area contributed by atoms with E-state index >= 15 is 0 Å². The molecule has 0 spiro atoms.